The zero-order valence-corrected chi connectivity index (χ0v) is 21.5. The number of sulfone groups is 1. The third kappa shape index (κ3) is 4.68. The van der Waals surface area contributed by atoms with Crippen molar-refractivity contribution in [3.8, 4) is 28.8 Å². The first-order valence-electron chi connectivity index (χ1n) is 11.3. The average molecular weight is 539 g/mol. The van der Waals surface area contributed by atoms with Crippen molar-refractivity contribution in [2.24, 2.45) is 0 Å². The highest BCUT2D eigenvalue weighted by molar-refractivity contribution is 7.92. The molecule has 0 spiro atoms. The number of carbonyl (C=O) groups is 1. The number of aromatic carboxylic acids is 1. The highest BCUT2D eigenvalue weighted by atomic mass is 32.2. The summed E-state index contributed by atoms with van der Waals surface area (Å²) in [5.41, 5.74) is -0.852. The topological polar surface area (TPSA) is 106 Å². The van der Waals surface area contributed by atoms with Crippen molar-refractivity contribution in [1.29, 1.82) is 0 Å². The number of pyridine rings is 1. The summed E-state index contributed by atoms with van der Waals surface area (Å²) in [6.45, 7) is 6.58. The maximum atomic E-state index is 13.3. The lowest BCUT2D eigenvalue weighted by atomic mass is 9.91. The lowest BCUT2D eigenvalue weighted by Crippen LogP contribution is -2.50. The molecule has 0 amide bonds. The molecule has 2 aliphatic heterocycles. The van der Waals surface area contributed by atoms with E-state index in [9.17, 15) is 36.3 Å². The quantitative estimate of drug-likeness (QED) is 0.592. The molecule has 3 heterocycles. The molecule has 2 aromatic rings. The van der Waals surface area contributed by atoms with E-state index < -0.39 is 49.2 Å². The fourth-order valence-electron chi connectivity index (χ4n) is 4.65. The van der Waals surface area contributed by atoms with Crippen molar-refractivity contribution in [1.82, 2.24) is 4.68 Å². The maximum Gasteiger partial charge on any atom is 0.573 e. The molecule has 198 valence electrons. The molecule has 1 N–H and O–H groups in total. The Labute approximate surface area is 211 Å². The summed E-state index contributed by atoms with van der Waals surface area (Å²) in [6.07, 6.45) is -1.63. The van der Waals surface area contributed by atoms with Crippen LogP contribution in [0, 0.1) is 11.8 Å². The van der Waals surface area contributed by atoms with Gasteiger partial charge in [-0.2, -0.15) is 0 Å². The summed E-state index contributed by atoms with van der Waals surface area (Å²) in [4.78, 5) is 24.2. The van der Waals surface area contributed by atoms with Crippen LogP contribution in [0.2, 0.25) is 0 Å². The Hall–Kier alpha value is -3.46. The Morgan fingerprint density at radius 3 is 2.43 bits per heavy atom. The minimum absolute atomic E-state index is 0.157. The molecule has 0 radical (unpaired) electrons. The van der Waals surface area contributed by atoms with E-state index in [1.54, 1.807) is 0 Å². The summed E-state index contributed by atoms with van der Waals surface area (Å²) >= 11 is 0. The second-order valence-electron chi connectivity index (χ2n) is 10.3. The molecule has 0 bridgehead atoms. The predicted molar refractivity (Wildman–Crippen MR) is 130 cm³/mol. The van der Waals surface area contributed by atoms with Gasteiger partial charge in [-0.1, -0.05) is 11.8 Å². The predicted octanol–water partition coefficient (Wildman–Crippen LogP) is 3.85. The van der Waals surface area contributed by atoms with Crippen molar-refractivity contribution >= 4 is 15.8 Å². The molecule has 1 atom stereocenters. The highest BCUT2D eigenvalue weighted by Gasteiger charge is 2.45. The van der Waals surface area contributed by atoms with Gasteiger partial charge >= 0.3 is 12.3 Å². The molecule has 8 nitrogen and oxygen atoms in total. The number of carboxylic acid groups (broad SMARTS) is 1. The normalized spacial score (nSPS) is 18.3. The number of halogens is 3. The van der Waals surface area contributed by atoms with Crippen LogP contribution in [0.3, 0.4) is 0 Å². The summed E-state index contributed by atoms with van der Waals surface area (Å²) in [5, 5.41) is 11.4. The number of hydrogen-bond donors (Lipinski definition) is 1. The lowest BCUT2D eigenvalue weighted by molar-refractivity contribution is -0.274. The van der Waals surface area contributed by atoms with Crippen LogP contribution in [0.15, 0.2) is 29.2 Å². The zero-order valence-electron chi connectivity index (χ0n) is 20.7. The van der Waals surface area contributed by atoms with Crippen LogP contribution >= 0.6 is 0 Å². The SMILES string of the molecule is CC1(C)CC[C@@H]2c3cc(C#CC(C)(C)S(C)(=O)=O)c(OC(F)(F)F)cc3-c3cc(=O)c(C(=O)O)cn3N21. The van der Waals surface area contributed by atoms with E-state index >= 15 is 0 Å². The number of hydrogen-bond acceptors (Lipinski definition) is 6. The first-order chi connectivity index (χ1) is 16.8. The van der Waals surface area contributed by atoms with Crippen LogP contribution in [-0.4, -0.2) is 47.1 Å². The number of aromatic nitrogens is 1. The van der Waals surface area contributed by atoms with E-state index in [-0.39, 0.29) is 22.9 Å². The van der Waals surface area contributed by atoms with Crippen LogP contribution in [0.25, 0.3) is 11.3 Å². The molecule has 1 fully saturated rings. The van der Waals surface area contributed by atoms with Gasteiger partial charge in [0.25, 0.3) is 0 Å². The Kier molecular flexibility index (Phi) is 5.95. The van der Waals surface area contributed by atoms with Gasteiger partial charge in [-0.15, -0.1) is 13.2 Å². The number of alkyl halides is 3. The molecule has 2 aliphatic rings. The van der Waals surface area contributed by atoms with Crippen LogP contribution in [0.1, 0.15) is 68.1 Å². The van der Waals surface area contributed by atoms with Gasteiger partial charge in [-0.25, -0.2) is 13.2 Å². The van der Waals surface area contributed by atoms with Crippen molar-refractivity contribution in [2.75, 3.05) is 11.3 Å². The van der Waals surface area contributed by atoms with Crippen molar-refractivity contribution < 1.29 is 36.2 Å². The van der Waals surface area contributed by atoms with E-state index in [0.29, 0.717) is 18.4 Å². The second-order valence-corrected chi connectivity index (χ2v) is 12.9. The Morgan fingerprint density at radius 2 is 1.86 bits per heavy atom. The third-order valence-electron chi connectivity index (χ3n) is 6.88. The Balaban J connectivity index is 2.03. The minimum atomic E-state index is -5.07. The van der Waals surface area contributed by atoms with Crippen LogP contribution in [0.4, 0.5) is 13.2 Å². The number of nitrogens with zero attached hydrogens (tertiary/aromatic N) is 2. The zero-order chi connectivity index (χ0) is 27.7. The number of ether oxygens (including phenoxy) is 1. The van der Waals surface area contributed by atoms with Gasteiger partial charge in [-0.05, 0) is 58.2 Å². The first-order valence-corrected chi connectivity index (χ1v) is 13.2. The van der Waals surface area contributed by atoms with E-state index in [1.165, 1.54) is 30.8 Å². The van der Waals surface area contributed by atoms with Crippen LogP contribution in [0.5, 0.6) is 5.75 Å². The van der Waals surface area contributed by atoms with Crippen LogP contribution in [-0.2, 0) is 9.84 Å². The molecular weight excluding hydrogens is 513 g/mol. The molecule has 0 unspecified atom stereocenters. The largest absolute Gasteiger partial charge is 0.573 e. The summed E-state index contributed by atoms with van der Waals surface area (Å²) in [5.74, 6) is 3.05. The third-order valence-corrected chi connectivity index (χ3v) is 8.83. The fraction of sp³-hybridized carbons (Fsp3) is 0.440. The maximum absolute atomic E-state index is 13.3. The molecule has 1 aromatic carbocycles. The Bertz CT molecular complexity index is 1540. The van der Waals surface area contributed by atoms with Gasteiger partial charge in [0, 0.05) is 24.1 Å². The monoisotopic (exact) mass is 538 g/mol. The van der Waals surface area contributed by atoms with Crippen molar-refractivity contribution in [3.63, 3.8) is 0 Å². The van der Waals surface area contributed by atoms with Crippen molar-refractivity contribution in [3.05, 3.63) is 51.3 Å². The first kappa shape index (κ1) is 26.6. The van der Waals surface area contributed by atoms with Gasteiger partial charge in [0.15, 0.2) is 15.3 Å². The molecule has 0 aliphatic carbocycles. The van der Waals surface area contributed by atoms with Gasteiger partial charge < -0.3 is 9.84 Å². The number of rotatable bonds is 3. The summed E-state index contributed by atoms with van der Waals surface area (Å²) in [7, 11) is -3.65. The highest BCUT2D eigenvalue weighted by Crippen LogP contribution is 2.49. The summed E-state index contributed by atoms with van der Waals surface area (Å²) < 4.78 is 68.4. The minimum Gasteiger partial charge on any atom is -0.477 e. The van der Waals surface area contributed by atoms with Crippen molar-refractivity contribution in [2.45, 2.75) is 63.2 Å². The number of carboxylic acids is 1. The van der Waals surface area contributed by atoms with Crippen LogP contribution < -0.4 is 15.2 Å². The standard InChI is InChI=1S/C25H25F3N2O6S/c1-23(2)8-7-18-15-10-14(6-9-24(3,4)37(5,34)35)21(36-25(26,27)28)11-16(15)19-12-20(31)17(22(32)33)13-29(19)30(18)23/h10-13,18H,7-8H2,1-5H3,(H,32,33)/t18-/m1/s1. The Morgan fingerprint density at radius 1 is 1.22 bits per heavy atom. The van der Waals surface area contributed by atoms with Gasteiger partial charge in [-0.3, -0.25) is 14.5 Å². The molecule has 1 saturated heterocycles. The van der Waals surface area contributed by atoms with E-state index in [0.717, 1.165) is 18.4 Å². The van der Waals surface area contributed by atoms with Gasteiger partial charge in [0.05, 0.1) is 22.8 Å². The van der Waals surface area contributed by atoms with Gasteiger partial charge in [0.2, 0.25) is 0 Å². The number of fused-ring (bicyclic) bond motifs is 6. The molecule has 1 aromatic heterocycles. The average Bonchev–Trinajstić information content (AvgIpc) is 3.05. The van der Waals surface area contributed by atoms with Gasteiger partial charge in [0.1, 0.15) is 16.1 Å². The smallest absolute Gasteiger partial charge is 0.477 e. The molecule has 37 heavy (non-hydrogen) atoms. The summed E-state index contributed by atoms with van der Waals surface area (Å²) in [6, 6.07) is 3.27. The fourth-order valence-corrected chi connectivity index (χ4v) is 4.89. The molecule has 0 saturated carbocycles. The van der Waals surface area contributed by atoms with E-state index in [4.69, 9.17) is 0 Å². The lowest BCUT2D eigenvalue weighted by Gasteiger charge is -2.44. The molecular formula is C25H25F3N2O6S. The van der Waals surface area contributed by atoms with E-state index in [2.05, 4.69) is 16.6 Å². The second kappa shape index (κ2) is 8.28. The molecule has 12 heteroatoms. The molecule has 4 rings (SSSR count). The number of benzene rings is 1. The van der Waals surface area contributed by atoms with E-state index in [1.807, 2.05) is 18.9 Å².